The van der Waals surface area contributed by atoms with Crippen molar-refractivity contribution in [3.63, 3.8) is 0 Å². The van der Waals surface area contributed by atoms with Gasteiger partial charge in [-0.05, 0) is 87.5 Å². The van der Waals surface area contributed by atoms with E-state index in [0.717, 1.165) is 61.0 Å². The summed E-state index contributed by atoms with van der Waals surface area (Å²) in [5.74, 6) is 0. The Labute approximate surface area is 229 Å². The Morgan fingerprint density at radius 3 is 2.23 bits per heavy atom. The molecule has 2 N–H and O–H groups in total. The maximum atomic E-state index is 13.7. The number of aromatic nitrogens is 2. The first-order chi connectivity index (χ1) is 16.3. The Kier molecular flexibility index (Phi) is 7.88. The first-order valence-electron chi connectivity index (χ1n) is 12.1. The number of fused-ring (bicyclic) bond motifs is 2. The van der Waals surface area contributed by atoms with Crippen molar-refractivity contribution < 1.29 is 17.9 Å². The average molecular weight is 511 g/mol. The maximum Gasteiger partial charge on any atom is 0.334 e. The summed E-state index contributed by atoms with van der Waals surface area (Å²) in [6.07, 6.45) is 7.06. The number of ether oxygens (including phenoxy) is 1. The number of nitrogens with one attached hydrogen (secondary N) is 2. The molecule has 185 valence electrons. The normalized spacial score (nSPS) is 17.5. The van der Waals surface area contributed by atoms with Crippen LogP contribution in [0.1, 0.15) is 59.3 Å². The second kappa shape index (κ2) is 10.4. The van der Waals surface area contributed by atoms with E-state index in [-0.39, 0.29) is 35.6 Å². The third kappa shape index (κ3) is 5.00. The number of rotatable bonds is 5. The Balaban J connectivity index is 0.00000289. The van der Waals surface area contributed by atoms with Crippen LogP contribution in [0.25, 0.3) is 0 Å². The summed E-state index contributed by atoms with van der Waals surface area (Å²) in [6.45, 7) is 4.59. The SMILES string of the molecule is Cc1nn(C)c(C)c1N(C1CCOCC1)S(=O)(=O)NC(=O)Nc1c2c(cc3c1CCC3)CCC2.[Na]. The molecule has 1 aromatic heterocycles. The number of urea groups is 1. The zero-order valence-corrected chi connectivity index (χ0v) is 23.9. The molecule has 9 nitrogen and oxygen atoms in total. The van der Waals surface area contributed by atoms with E-state index in [1.165, 1.54) is 15.4 Å². The van der Waals surface area contributed by atoms with Crippen molar-refractivity contribution in [2.45, 2.75) is 71.3 Å². The van der Waals surface area contributed by atoms with E-state index in [2.05, 4.69) is 21.2 Å². The fourth-order valence-corrected chi connectivity index (χ4v) is 7.26. The van der Waals surface area contributed by atoms with Crippen LogP contribution in [0.3, 0.4) is 0 Å². The van der Waals surface area contributed by atoms with Crippen LogP contribution in [0.5, 0.6) is 0 Å². The van der Waals surface area contributed by atoms with E-state index >= 15 is 0 Å². The Morgan fingerprint density at radius 1 is 1.09 bits per heavy atom. The monoisotopic (exact) mass is 510 g/mol. The van der Waals surface area contributed by atoms with Crippen LogP contribution in [-0.2, 0) is 47.7 Å². The molecule has 11 heteroatoms. The van der Waals surface area contributed by atoms with E-state index in [1.54, 1.807) is 18.7 Å². The minimum Gasteiger partial charge on any atom is -0.381 e. The van der Waals surface area contributed by atoms with Gasteiger partial charge in [-0.25, -0.2) is 13.8 Å². The number of amides is 2. The number of hydrogen-bond donors (Lipinski definition) is 2. The number of anilines is 2. The van der Waals surface area contributed by atoms with Gasteiger partial charge in [-0.2, -0.15) is 13.5 Å². The molecule has 0 spiro atoms. The van der Waals surface area contributed by atoms with Crippen LogP contribution in [0, 0.1) is 13.8 Å². The molecule has 1 aliphatic heterocycles. The summed E-state index contributed by atoms with van der Waals surface area (Å²) in [5.41, 5.74) is 7.57. The molecule has 2 aromatic rings. The maximum absolute atomic E-state index is 13.7. The van der Waals surface area contributed by atoms with Gasteiger partial charge in [-0.1, -0.05) is 6.07 Å². The van der Waals surface area contributed by atoms with Gasteiger partial charge >= 0.3 is 16.2 Å². The van der Waals surface area contributed by atoms with Gasteiger partial charge in [0.05, 0.1) is 23.1 Å². The van der Waals surface area contributed by atoms with Crippen molar-refractivity contribution in [2.24, 2.45) is 7.05 Å². The number of hydrogen-bond acceptors (Lipinski definition) is 5. The molecule has 5 rings (SSSR count). The Morgan fingerprint density at radius 2 is 1.69 bits per heavy atom. The smallest absolute Gasteiger partial charge is 0.334 e. The standard InChI is InChI=1S/C24H33N5O4S.Na/c1-15-23(16(2)28(3)26-15)29(19-10-12-33-13-11-19)34(31,32)27-24(30)25-22-20-8-4-6-17(20)14-18-7-5-9-21(18)22;/h14,19H,4-13H2,1-3H3,(H2,25,27,30);. The Bertz CT molecular complexity index is 1210. The van der Waals surface area contributed by atoms with E-state index in [1.807, 2.05) is 6.92 Å². The van der Waals surface area contributed by atoms with Crippen molar-refractivity contribution in [1.82, 2.24) is 14.5 Å². The third-order valence-corrected chi connectivity index (χ3v) is 8.85. The number of carbonyl (C=O) groups is 1. The molecule has 0 saturated carbocycles. The molecule has 3 aliphatic rings. The molecule has 35 heavy (non-hydrogen) atoms. The summed E-state index contributed by atoms with van der Waals surface area (Å²) in [7, 11) is -2.40. The zero-order valence-electron chi connectivity index (χ0n) is 21.1. The molecule has 0 bridgehead atoms. The largest absolute Gasteiger partial charge is 0.381 e. The third-order valence-electron chi connectivity index (χ3n) is 7.41. The molecule has 2 amide bonds. The number of nitrogens with zero attached hydrogens (tertiary/aromatic N) is 3. The van der Waals surface area contributed by atoms with Crippen LogP contribution in [-0.4, -0.2) is 73.0 Å². The van der Waals surface area contributed by atoms with E-state index < -0.39 is 16.2 Å². The molecule has 1 fully saturated rings. The minimum absolute atomic E-state index is 0. The summed E-state index contributed by atoms with van der Waals surface area (Å²) < 4.78 is 38.2. The second-order valence-corrected chi connectivity index (χ2v) is 11.1. The molecular formula is C24H33N5NaO4S. The van der Waals surface area contributed by atoms with Crippen molar-refractivity contribution in [3.05, 3.63) is 39.7 Å². The molecule has 1 aromatic carbocycles. The average Bonchev–Trinajstić information content (AvgIpc) is 3.50. The van der Waals surface area contributed by atoms with Gasteiger partial charge < -0.3 is 10.1 Å². The number of aryl methyl sites for hydroxylation is 4. The predicted octanol–water partition coefficient (Wildman–Crippen LogP) is 2.69. The van der Waals surface area contributed by atoms with Crippen molar-refractivity contribution in [1.29, 1.82) is 0 Å². The van der Waals surface area contributed by atoms with Gasteiger partial charge in [0.15, 0.2) is 0 Å². The predicted molar refractivity (Wildman–Crippen MR) is 136 cm³/mol. The van der Waals surface area contributed by atoms with Crippen LogP contribution >= 0.6 is 0 Å². The van der Waals surface area contributed by atoms with Gasteiger partial charge in [0.25, 0.3) is 0 Å². The molecule has 2 heterocycles. The fraction of sp³-hybridized carbons (Fsp3) is 0.583. The minimum atomic E-state index is -4.19. The first kappa shape index (κ1) is 26.5. The Hall–Kier alpha value is -1.59. The van der Waals surface area contributed by atoms with Crippen molar-refractivity contribution in [3.8, 4) is 0 Å². The number of benzene rings is 1. The van der Waals surface area contributed by atoms with E-state index in [4.69, 9.17) is 4.74 Å². The molecule has 0 atom stereocenters. The van der Waals surface area contributed by atoms with E-state index in [0.29, 0.717) is 37.4 Å². The summed E-state index contributed by atoms with van der Waals surface area (Å²) >= 11 is 0. The van der Waals surface area contributed by atoms with Crippen molar-refractivity contribution in [2.75, 3.05) is 22.8 Å². The molecule has 1 saturated heterocycles. The van der Waals surface area contributed by atoms with Crippen LogP contribution in [0.15, 0.2) is 6.07 Å². The quantitative estimate of drug-likeness (QED) is 0.602. The van der Waals surface area contributed by atoms with Gasteiger partial charge in [-0.15, -0.1) is 0 Å². The fourth-order valence-electron chi connectivity index (χ4n) is 5.77. The summed E-state index contributed by atoms with van der Waals surface area (Å²) in [4.78, 5) is 13.1. The van der Waals surface area contributed by atoms with Gasteiger partial charge in [0.1, 0.15) is 0 Å². The van der Waals surface area contributed by atoms with Gasteiger partial charge in [-0.3, -0.25) is 4.68 Å². The molecular weight excluding hydrogens is 477 g/mol. The molecule has 2 aliphatic carbocycles. The topological polar surface area (TPSA) is 106 Å². The summed E-state index contributed by atoms with van der Waals surface area (Å²) in [5, 5.41) is 7.36. The molecule has 1 radical (unpaired) electrons. The van der Waals surface area contributed by atoms with Gasteiger partial charge in [0, 0.05) is 55.5 Å². The van der Waals surface area contributed by atoms with Crippen LogP contribution in [0.4, 0.5) is 16.2 Å². The second-order valence-electron chi connectivity index (χ2n) is 9.58. The van der Waals surface area contributed by atoms with Gasteiger partial charge in [0.2, 0.25) is 0 Å². The number of carbonyl (C=O) groups excluding carboxylic acids is 1. The van der Waals surface area contributed by atoms with Crippen LogP contribution < -0.4 is 14.3 Å². The summed E-state index contributed by atoms with van der Waals surface area (Å²) in [6, 6.07) is 1.25. The zero-order chi connectivity index (χ0) is 24.0. The molecule has 0 unspecified atom stereocenters. The van der Waals surface area contributed by atoms with E-state index in [9.17, 15) is 13.2 Å². The van der Waals surface area contributed by atoms with Crippen LogP contribution in [0.2, 0.25) is 0 Å². The van der Waals surface area contributed by atoms with Crippen molar-refractivity contribution >= 4 is 57.2 Å². The first-order valence-corrected chi connectivity index (χ1v) is 13.6.